The third-order valence-corrected chi connectivity index (χ3v) is 4.28. The number of anilines is 1. The van der Waals surface area contributed by atoms with Gasteiger partial charge in [0.05, 0.1) is 0 Å². The summed E-state index contributed by atoms with van der Waals surface area (Å²) < 4.78 is 0. The van der Waals surface area contributed by atoms with Crippen LogP contribution >= 0.6 is 0 Å². The van der Waals surface area contributed by atoms with Crippen molar-refractivity contribution in [3.8, 4) is 0 Å². The molecular weight excluding hydrogens is 246 g/mol. The van der Waals surface area contributed by atoms with E-state index in [4.69, 9.17) is 5.73 Å². The number of aryl methyl sites for hydroxylation is 1. The van der Waals surface area contributed by atoms with E-state index in [-0.39, 0.29) is 6.04 Å². The van der Waals surface area contributed by atoms with E-state index in [0.29, 0.717) is 6.04 Å². The van der Waals surface area contributed by atoms with Crippen molar-refractivity contribution in [2.24, 2.45) is 5.73 Å². The number of hydrogen-bond donors (Lipinski definition) is 1. The van der Waals surface area contributed by atoms with Crippen LogP contribution in [-0.4, -0.2) is 43.2 Å². The molecule has 0 saturated carbocycles. The van der Waals surface area contributed by atoms with Crippen LogP contribution in [0, 0.1) is 6.92 Å². The zero-order chi connectivity index (χ0) is 14.7. The van der Waals surface area contributed by atoms with Crippen LogP contribution in [0.3, 0.4) is 0 Å². The summed E-state index contributed by atoms with van der Waals surface area (Å²) in [4.78, 5) is 5.05. The average molecular weight is 275 g/mol. The van der Waals surface area contributed by atoms with Crippen LogP contribution < -0.4 is 10.6 Å². The predicted octanol–water partition coefficient (Wildman–Crippen LogP) is 2.42. The van der Waals surface area contributed by atoms with Crippen LogP contribution in [0.15, 0.2) is 18.2 Å². The molecule has 112 valence electrons. The molecule has 0 spiro atoms. The van der Waals surface area contributed by atoms with E-state index in [2.05, 4.69) is 55.7 Å². The smallest absolute Gasteiger partial charge is 0.0369 e. The van der Waals surface area contributed by atoms with E-state index in [9.17, 15) is 0 Å². The van der Waals surface area contributed by atoms with Crippen molar-refractivity contribution in [1.82, 2.24) is 4.90 Å². The van der Waals surface area contributed by atoms with Crippen LogP contribution in [0.1, 0.15) is 31.9 Å². The lowest BCUT2D eigenvalue weighted by atomic mass is 10.0. The zero-order valence-corrected chi connectivity index (χ0v) is 13.4. The van der Waals surface area contributed by atoms with Crippen molar-refractivity contribution in [3.05, 3.63) is 29.3 Å². The summed E-state index contributed by atoms with van der Waals surface area (Å²) in [5.74, 6) is 0. The van der Waals surface area contributed by atoms with Gasteiger partial charge in [0.1, 0.15) is 0 Å². The Morgan fingerprint density at radius 1 is 1.10 bits per heavy atom. The van der Waals surface area contributed by atoms with Gasteiger partial charge in [-0.25, -0.2) is 0 Å². The first kappa shape index (κ1) is 15.3. The number of nitrogens with zero attached hydrogens (tertiary/aromatic N) is 2. The maximum Gasteiger partial charge on any atom is 0.0369 e. The van der Waals surface area contributed by atoms with Crippen LogP contribution in [0.4, 0.5) is 5.69 Å². The summed E-state index contributed by atoms with van der Waals surface area (Å²) in [6, 6.07) is 7.72. The van der Waals surface area contributed by atoms with Crippen molar-refractivity contribution in [2.75, 3.05) is 31.1 Å². The quantitative estimate of drug-likeness (QED) is 0.916. The number of hydrogen-bond acceptors (Lipinski definition) is 3. The van der Waals surface area contributed by atoms with Crippen molar-refractivity contribution >= 4 is 5.69 Å². The fourth-order valence-corrected chi connectivity index (χ4v) is 2.95. The van der Waals surface area contributed by atoms with E-state index < -0.39 is 0 Å². The lowest BCUT2D eigenvalue weighted by Crippen LogP contribution is -2.48. The minimum absolute atomic E-state index is 0.231. The van der Waals surface area contributed by atoms with Gasteiger partial charge in [0.25, 0.3) is 0 Å². The van der Waals surface area contributed by atoms with Crippen molar-refractivity contribution in [1.29, 1.82) is 0 Å². The Balaban J connectivity index is 2.02. The maximum absolute atomic E-state index is 5.90. The molecule has 0 bridgehead atoms. The standard InChI is InChI=1S/C17H29N3/c1-13(2)19-7-9-20(10-8-19)17-6-5-16(12-15(4)18)14(3)11-17/h5-6,11,13,15H,7-10,12,18H2,1-4H3. The van der Waals surface area contributed by atoms with Crippen molar-refractivity contribution < 1.29 is 0 Å². The Kier molecular flexibility index (Phi) is 5.06. The van der Waals surface area contributed by atoms with E-state index in [1.165, 1.54) is 16.8 Å². The molecule has 1 aromatic rings. The highest BCUT2D eigenvalue weighted by Gasteiger charge is 2.19. The van der Waals surface area contributed by atoms with Gasteiger partial charge in [-0.2, -0.15) is 0 Å². The molecule has 3 heteroatoms. The molecule has 1 aromatic carbocycles. The van der Waals surface area contributed by atoms with Gasteiger partial charge in [-0.15, -0.1) is 0 Å². The fraction of sp³-hybridized carbons (Fsp3) is 0.647. The van der Waals surface area contributed by atoms with Crippen LogP contribution in [-0.2, 0) is 6.42 Å². The van der Waals surface area contributed by atoms with E-state index in [0.717, 1.165) is 32.6 Å². The van der Waals surface area contributed by atoms with E-state index in [1.54, 1.807) is 0 Å². The van der Waals surface area contributed by atoms with Crippen molar-refractivity contribution in [2.45, 2.75) is 46.2 Å². The summed E-state index contributed by atoms with van der Waals surface area (Å²) >= 11 is 0. The lowest BCUT2D eigenvalue weighted by Gasteiger charge is -2.38. The molecular formula is C17H29N3. The molecule has 0 aliphatic carbocycles. The molecule has 20 heavy (non-hydrogen) atoms. The number of nitrogens with two attached hydrogens (primary N) is 1. The first-order valence-electron chi connectivity index (χ1n) is 7.81. The largest absolute Gasteiger partial charge is 0.369 e. The Bertz CT molecular complexity index is 432. The molecule has 1 unspecified atom stereocenters. The Labute approximate surface area is 123 Å². The monoisotopic (exact) mass is 275 g/mol. The van der Waals surface area contributed by atoms with Gasteiger partial charge in [-0.1, -0.05) is 6.07 Å². The predicted molar refractivity (Wildman–Crippen MR) is 87.5 cm³/mol. The Hall–Kier alpha value is -1.06. The molecule has 0 radical (unpaired) electrons. The SMILES string of the molecule is Cc1cc(N2CCN(C(C)C)CC2)ccc1CC(C)N. The normalized spacial score (nSPS) is 18.6. The third kappa shape index (κ3) is 3.74. The Morgan fingerprint density at radius 3 is 2.25 bits per heavy atom. The molecule has 3 nitrogen and oxygen atoms in total. The van der Waals surface area contributed by atoms with Gasteiger partial charge in [0.15, 0.2) is 0 Å². The summed E-state index contributed by atoms with van der Waals surface area (Å²) in [7, 11) is 0. The summed E-state index contributed by atoms with van der Waals surface area (Å²) in [5, 5.41) is 0. The van der Waals surface area contributed by atoms with Gasteiger partial charge in [0.2, 0.25) is 0 Å². The summed E-state index contributed by atoms with van der Waals surface area (Å²) in [6.07, 6.45) is 0.966. The topological polar surface area (TPSA) is 32.5 Å². The molecule has 1 atom stereocenters. The van der Waals surface area contributed by atoms with Gasteiger partial charge in [-0.3, -0.25) is 4.90 Å². The molecule has 2 rings (SSSR count). The maximum atomic E-state index is 5.90. The number of piperazine rings is 1. The molecule has 1 heterocycles. The molecule has 1 aliphatic heterocycles. The van der Waals surface area contributed by atoms with Gasteiger partial charge in [-0.05, 0) is 57.4 Å². The van der Waals surface area contributed by atoms with E-state index >= 15 is 0 Å². The van der Waals surface area contributed by atoms with Crippen LogP contribution in [0.5, 0.6) is 0 Å². The average Bonchev–Trinajstić information content (AvgIpc) is 2.41. The van der Waals surface area contributed by atoms with Crippen LogP contribution in [0.2, 0.25) is 0 Å². The molecule has 1 fully saturated rings. The molecule has 0 amide bonds. The lowest BCUT2D eigenvalue weighted by molar-refractivity contribution is 0.209. The second-order valence-electron chi connectivity index (χ2n) is 6.41. The van der Waals surface area contributed by atoms with Crippen LogP contribution in [0.25, 0.3) is 0 Å². The minimum atomic E-state index is 0.231. The second-order valence-corrected chi connectivity index (χ2v) is 6.41. The second kappa shape index (κ2) is 6.59. The Morgan fingerprint density at radius 2 is 1.75 bits per heavy atom. The molecule has 1 saturated heterocycles. The zero-order valence-electron chi connectivity index (χ0n) is 13.4. The summed E-state index contributed by atoms with van der Waals surface area (Å²) in [5.41, 5.74) is 10.0. The van der Waals surface area contributed by atoms with Crippen molar-refractivity contribution in [3.63, 3.8) is 0 Å². The molecule has 0 aromatic heterocycles. The van der Waals surface area contributed by atoms with Gasteiger partial charge in [0, 0.05) is 44.0 Å². The summed E-state index contributed by atoms with van der Waals surface area (Å²) in [6.45, 7) is 13.4. The number of benzene rings is 1. The third-order valence-electron chi connectivity index (χ3n) is 4.28. The van der Waals surface area contributed by atoms with Gasteiger partial charge >= 0.3 is 0 Å². The molecule has 2 N–H and O–H groups in total. The minimum Gasteiger partial charge on any atom is -0.369 e. The molecule has 1 aliphatic rings. The number of rotatable bonds is 4. The van der Waals surface area contributed by atoms with Gasteiger partial charge < -0.3 is 10.6 Å². The highest BCUT2D eigenvalue weighted by Crippen LogP contribution is 2.21. The highest BCUT2D eigenvalue weighted by molar-refractivity contribution is 5.51. The first-order valence-corrected chi connectivity index (χ1v) is 7.81. The first-order chi connectivity index (χ1) is 9.47. The van der Waals surface area contributed by atoms with E-state index in [1.807, 2.05) is 0 Å². The highest BCUT2D eigenvalue weighted by atomic mass is 15.3. The fourth-order valence-electron chi connectivity index (χ4n) is 2.95.